The first-order valence-corrected chi connectivity index (χ1v) is 9.02. The second-order valence-electron chi connectivity index (χ2n) is 6.36. The molecule has 114 valence electrons. The van der Waals surface area contributed by atoms with Crippen molar-refractivity contribution in [1.82, 2.24) is 0 Å². The zero-order valence-electron chi connectivity index (χ0n) is 13.5. The van der Waals surface area contributed by atoms with E-state index >= 15 is 0 Å². The molecule has 1 aliphatic heterocycles. The molecule has 19 heavy (non-hydrogen) atoms. The van der Waals surface area contributed by atoms with Gasteiger partial charge in [-0.05, 0) is 25.7 Å². The molecular weight excluding hydrogens is 232 g/mol. The summed E-state index contributed by atoms with van der Waals surface area (Å²) in [7, 11) is 0. The lowest BCUT2D eigenvalue weighted by Gasteiger charge is -2.12. The second-order valence-corrected chi connectivity index (χ2v) is 6.36. The van der Waals surface area contributed by atoms with Crippen LogP contribution >= 0.6 is 0 Å². The molecule has 1 fully saturated rings. The average molecular weight is 268 g/mol. The lowest BCUT2D eigenvalue weighted by atomic mass is 10.0. The van der Waals surface area contributed by atoms with Crippen LogP contribution in [0.1, 0.15) is 104 Å². The third-order valence-corrected chi connectivity index (χ3v) is 4.44. The van der Waals surface area contributed by atoms with Crippen molar-refractivity contribution in [1.29, 1.82) is 0 Å². The first-order chi connectivity index (χ1) is 9.36. The van der Waals surface area contributed by atoms with Gasteiger partial charge in [-0.1, -0.05) is 78.1 Å². The Balaban J connectivity index is 1.81. The summed E-state index contributed by atoms with van der Waals surface area (Å²) in [5.74, 6) is 0. The third-order valence-electron chi connectivity index (χ3n) is 4.44. The summed E-state index contributed by atoms with van der Waals surface area (Å²) in [6, 6.07) is 0. The van der Waals surface area contributed by atoms with E-state index in [1.165, 1.54) is 89.9 Å². The fourth-order valence-corrected chi connectivity index (χ4v) is 3.21. The van der Waals surface area contributed by atoms with Gasteiger partial charge in [-0.2, -0.15) is 0 Å². The predicted octanol–water partition coefficient (Wildman–Crippen LogP) is 6.26. The van der Waals surface area contributed by atoms with Crippen molar-refractivity contribution in [3.8, 4) is 0 Å². The minimum atomic E-state index is 0.591. The van der Waals surface area contributed by atoms with Gasteiger partial charge in [0.05, 0.1) is 12.2 Å². The standard InChI is InChI=1S/C18H36O/c1-3-5-6-7-8-9-10-11-12-14-18-16-15-17(19-18)13-4-2/h17-18H,3-16H2,1-2H3/t17-,18+/m0/s1. The van der Waals surface area contributed by atoms with Crippen LogP contribution in [0.15, 0.2) is 0 Å². The van der Waals surface area contributed by atoms with Crippen molar-refractivity contribution < 1.29 is 4.74 Å². The Morgan fingerprint density at radius 1 is 0.632 bits per heavy atom. The molecule has 0 bridgehead atoms. The van der Waals surface area contributed by atoms with Gasteiger partial charge in [0.1, 0.15) is 0 Å². The van der Waals surface area contributed by atoms with Crippen LogP contribution in [-0.2, 0) is 4.74 Å². The highest BCUT2D eigenvalue weighted by Gasteiger charge is 2.23. The highest BCUT2D eigenvalue weighted by atomic mass is 16.5. The monoisotopic (exact) mass is 268 g/mol. The Kier molecular flexibility index (Phi) is 10.5. The van der Waals surface area contributed by atoms with Crippen molar-refractivity contribution in [2.24, 2.45) is 0 Å². The summed E-state index contributed by atoms with van der Waals surface area (Å²) < 4.78 is 6.07. The summed E-state index contributed by atoms with van der Waals surface area (Å²) in [6.45, 7) is 4.55. The molecule has 0 aromatic rings. The summed E-state index contributed by atoms with van der Waals surface area (Å²) in [5, 5.41) is 0. The second kappa shape index (κ2) is 11.8. The van der Waals surface area contributed by atoms with Gasteiger partial charge in [0.25, 0.3) is 0 Å². The Morgan fingerprint density at radius 3 is 1.74 bits per heavy atom. The summed E-state index contributed by atoms with van der Waals surface area (Å²) in [6.07, 6.45) is 20.5. The maximum Gasteiger partial charge on any atom is 0.0579 e. The molecule has 0 saturated carbocycles. The van der Waals surface area contributed by atoms with Crippen molar-refractivity contribution in [3.63, 3.8) is 0 Å². The minimum absolute atomic E-state index is 0.591. The fourth-order valence-electron chi connectivity index (χ4n) is 3.21. The topological polar surface area (TPSA) is 9.23 Å². The van der Waals surface area contributed by atoms with Gasteiger partial charge in [0.15, 0.2) is 0 Å². The van der Waals surface area contributed by atoms with Gasteiger partial charge >= 0.3 is 0 Å². The van der Waals surface area contributed by atoms with Gasteiger partial charge in [-0.25, -0.2) is 0 Å². The van der Waals surface area contributed by atoms with Crippen LogP contribution in [0.25, 0.3) is 0 Å². The van der Waals surface area contributed by atoms with E-state index in [1.807, 2.05) is 0 Å². The minimum Gasteiger partial charge on any atom is -0.375 e. The molecule has 0 aliphatic carbocycles. The Labute approximate surface area is 121 Å². The van der Waals surface area contributed by atoms with E-state index in [4.69, 9.17) is 4.74 Å². The van der Waals surface area contributed by atoms with E-state index in [-0.39, 0.29) is 0 Å². The first kappa shape index (κ1) is 17.0. The van der Waals surface area contributed by atoms with E-state index in [0.717, 1.165) is 0 Å². The largest absolute Gasteiger partial charge is 0.375 e. The molecule has 1 heterocycles. The summed E-state index contributed by atoms with van der Waals surface area (Å²) in [4.78, 5) is 0. The molecule has 0 aromatic heterocycles. The fraction of sp³-hybridized carbons (Fsp3) is 1.00. The van der Waals surface area contributed by atoms with E-state index in [2.05, 4.69) is 13.8 Å². The van der Waals surface area contributed by atoms with E-state index in [1.54, 1.807) is 0 Å². The zero-order chi connectivity index (χ0) is 13.8. The molecule has 0 amide bonds. The Bertz CT molecular complexity index is 190. The number of hydrogen-bond donors (Lipinski definition) is 0. The molecule has 0 unspecified atom stereocenters. The first-order valence-electron chi connectivity index (χ1n) is 9.02. The van der Waals surface area contributed by atoms with E-state index in [9.17, 15) is 0 Å². The maximum absolute atomic E-state index is 6.07. The van der Waals surface area contributed by atoms with Crippen LogP contribution in [0.4, 0.5) is 0 Å². The van der Waals surface area contributed by atoms with E-state index in [0.29, 0.717) is 12.2 Å². The highest BCUT2D eigenvalue weighted by molar-refractivity contribution is 4.73. The maximum atomic E-state index is 6.07. The quantitative estimate of drug-likeness (QED) is 0.380. The van der Waals surface area contributed by atoms with Crippen LogP contribution in [0.2, 0.25) is 0 Å². The van der Waals surface area contributed by atoms with Crippen molar-refractivity contribution in [2.75, 3.05) is 0 Å². The predicted molar refractivity (Wildman–Crippen MR) is 84.6 cm³/mol. The molecular formula is C18H36O. The normalized spacial score (nSPS) is 23.1. The smallest absolute Gasteiger partial charge is 0.0579 e. The molecule has 1 aliphatic rings. The van der Waals surface area contributed by atoms with Crippen molar-refractivity contribution in [2.45, 2.75) is 116 Å². The Hall–Kier alpha value is -0.0400. The molecule has 0 radical (unpaired) electrons. The van der Waals surface area contributed by atoms with Crippen LogP contribution < -0.4 is 0 Å². The van der Waals surface area contributed by atoms with Gasteiger partial charge in [-0.15, -0.1) is 0 Å². The summed E-state index contributed by atoms with van der Waals surface area (Å²) >= 11 is 0. The number of unbranched alkanes of at least 4 members (excludes halogenated alkanes) is 8. The molecule has 0 N–H and O–H groups in total. The number of ether oxygens (including phenoxy) is 1. The Morgan fingerprint density at radius 2 is 1.16 bits per heavy atom. The molecule has 1 rings (SSSR count). The van der Waals surface area contributed by atoms with Gasteiger partial charge in [0, 0.05) is 0 Å². The molecule has 2 atom stereocenters. The lowest BCUT2D eigenvalue weighted by molar-refractivity contribution is 0.0345. The van der Waals surface area contributed by atoms with Crippen LogP contribution in [-0.4, -0.2) is 12.2 Å². The average Bonchev–Trinajstić information content (AvgIpc) is 2.85. The third kappa shape index (κ3) is 8.68. The van der Waals surface area contributed by atoms with Crippen LogP contribution in [0.5, 0.6) is 0 Å². The highest BCUT2D eigenvalue weighted by Crippen LogP contribution is 2.26. The molecule has 0 aromatic carbocycles. The summed E-state index contributed by atoms with van der Waals surface area (Å²) in [5.41, 5.74) is 0. The van der Waals surface area contributed by atoms with Gasteiger partial charge in [0.2, 0.25) is 0 Å². The number of hydrogen-bond acceptors (Lipinski definition) is 1. The zero-order valence-corrected chi connectivity index (χ0v) is 13.5. The molecule has 1 saturated heterocycles. The number of rotatable bonds is 12. The molecule has 1 heteroatoms. The van der Waals surface area contributed by atoms with E-state index < -0.39 is 0 Å². The van der Waals surface area contributed by atoms with Crippen LogP contribution in [0.3, 0.4) is 0 Å². The van der Waals surface area contributed by atoms with Gasteiger partial charge in [-0.3, -0.25) is 0 Å². The van der Waals surface area contributed by atoms with Crippen LogP contribution in [0, 0.1) is 0 Å². The molecule has 0 spiro atoms. The lowest BCUT2D eigenvalue weighted by Crippen LogP contribution is -2.10. The van der Waals surface area contributed by atoms with Gasteiger partial charge < -0.3 is 4.74 Å². The van der Waals surface area contributed by atoms with Crippen molar-refractivity contribution in [3.05, 3.63) is 0 Å². The SMILES string of the molecule is CCCCCCCCCCC[C@@H]1CC[C@H](CCC)O1. The molecule has 1 nitrogen and oxygen atoms in total. The van der Waals surface area contributed by atoms with Crippen molar-refractivity contribution >= 4 is 0 Å².